The molecule has 32 heavy (non-hydrogen) atoms. The van der Waals surface area contributed by atoms with Crippen molar-refractivity contribution in [3.8, 4) is 5.75 Å². The van der Waals surface area contributed by atoms with Gasteiger partial charge in [0.05, 0.1) is 17.9 Å². The number of hydrogen-bond acceptors (Lipinski definition) is 5. The molecule has 0 bridgehead atoms. The molecule has 0 aliphatic carbocycles. The van der Waals surface area contributed by atoms with Crippen LogP contribution >= 0.6 is 0 Å². The van der Waals surface area contributed by atoms with Gasteiger partial charge in [-0.25, -0.2) is 8.42 Å². The van der Waals surface area contributed by atoms with Crippen molar-refractivity contribution in [3.05, 3.63) is 24.3 Å². The van der Waals surface area contributed by atoms with Gasteiger partial charge in [-0.3, -0.25) is 9.59 Å². The molecule has 3 atom stereocenters. The van der Waals surface area contributed by atoms with E-state index in [1.54, 1.807) is 12.1 Å². The molecule has 9 heteroatoms. The zero-order chi connectivity index (χ0) is 23.3. The van der Waals surface area contributed by atoms with Crippen molar-refractivity contribution >= 4 is 21.8 Å². The molecule has 1 N–H and O–H groups in total. The number of ether oxygens (including phenoxy) is 1. The second-order valence-corrected chi connectivity index (χ2v) is 10.7. The number of rotatable bonds is 8. The van der Waals surface area contributed by atoms with Crippen LogP contribution < -0.4 is 10.1 Å². The van der Waals surface area contributed by atoms with E-state index in [2.05, 4.69) is 5.32 Å². The van der Waals surface area contributed by atoms with E-state index in [9.17, 15) is 18.0 Å². The lowest BCUT2D eigenvalue weighted by atomic mass is 9.94. The first-order valence-corrected chi connectivity index (χ1v) is 12.9. The maximum Gasteiger partial charge on any atom is 0.245 e. The van der Waals surface area contributed by atoms with Crippen LogP contribution in [0, 0.1) is 11.8 Å². The van der Waals surface area contributed by atoms with Gasteiger partial charge >= 0.3 is 0 Å². The van der Waals surface area contributed by atoms with Gasteiger partial charge in [0.15, 0.2) is 0 Å². The Bertz CT molecular complexity index is 897. The average Bonchev–Trinajstić information content (AvgIpc) is 3.36. The molecule has 178 valence electrons. The second kappa shape index (κ2) is 10.7. The van der Waals surface area contributed by atoms with Gasteiger partial charge in [-0.2, -0.15) is 4.31 Å². The lowest BCUT2D eigenvalue weighted by Gasteiger charge is -2.33. The number of nitrogens with one attached hydrogen (secondary N) is 1. The molecule has 0 spiro atoms. The number of sulfonamides is 1. The van der Waals surface area contributed by atoms with Gasteiger partial charge in [-0.15, -0.1) is 0 Å². The Morgan fingerprint density at radius 3 is 2.38 bits per heavy atom. The number of benzene rings is 1. The van der Waals surface area contributed by atoms with E-state index in [0.29, 0.717) is 25.1 Å². The van der Waals surface area contributed by atoms with Crippen LogP contribution in [0.25, 0.3) is 0 Å². The molecule has 2 fully saturated rings. The third kappa shape index (κ3) is 5.43. The van der Waals surface area contributed by atoms with Crippen LogP contribution in [0.15, 0.2) is 29.2 Å². The summed E-state index contributed by atoms with van der Waals surface area (Å²) in [5.74, 6) is -0.149. The zero-order valence-corrected chi connectivity index (χ0v) is 20.1. The number of likely N-dealkylation sites (tertiary alicyclic amines) is 1. The normalized spacial score (nSPS) is 21.7. The molecule has 0 aromatic heterocycles. The average molecular weight is 466 g/mol. The molecule has 3 rings (SSSR count). The van der Waals surface area contributed by atoms with Crippen LogP contribution in [0.4, 0.5) is 0 Å². The summed E-state index contributed by atoms with van der Waals surface area (Å²) < 4.78 is 32.7. The fourth-order valence-electron chi connectivity index (χ4n) is 4.36. The van der Waals surface area contributed by atoms with E-state index in [1.165, 1.54) is 23.5 Å². The maximum atomic E-state index is 13.1. The number of hydrogen-bond donors (Lipinski definition) is 1. The Labute approximate surface area is 191 Å². The lowest BCUT2D eigenvalue weighted by molar-refractivity contribution is -0.138. The molecule has 2 amide bonds. The van der Waals surface area contributed by atoms with Crippen LogP contribution in [-0.4, -0.2) is 68.8 Å². The number of amides is 2. The number of carbonyl (C=O) groups excluding carboxylic acids is 2. The van der Waals surface area contributed by atoms with E-state index in [4.69, 9.17) is 4.74 Å². The highest BCUT2D eigenvalue weighted by Gasteiger charge is 2.37. The maximum absolute atomic E-state index is 13.1. The largest absolute Gasteiger partial charge is 0.497 e. The lowest BCUT2D eigenvalue weighted by Crippen LogP contribution is -2.54. The summed E-state index contributed by atoms with van der Waals surface area (Å²) in [5, 5.41) is 2.97. The van der Waals surface area contributed by atoms with Gasteiger partial charge in [0.1, 0.15) is 11.8 Å². The van der Waals surface area contributed by atoms with Gasteiger partial charge < -0.3 is 15.0 Å². The van der Waals surface area contributed by atoms with E-state index >= 15 is 0 Å². The molecule has 2 saturated heterocycles. The summed E-state index contributed by atoms with van der Waals surface area (Å²) in [6.45, 7) is 5.94. The number of nitrogens with zero attached hydrogens (tertiary/aromatic N) is 2. The van der Waals surface area contributed by atoms with Crippen molar-refractivity contribution in [2.45, 2.75) is 56.9 Å². The number of methoxy groups -OCH3 is 1. The molecule has 0 radical (unpaired) electrons. The van der Waals surface area contributed by atoms with Gasteiger partial charge in [0, 0.05) is 26.2 Å². The van der Waals surface area contributed by atoms with Crippen molar-refractivity contribution in [2.75, 3.05) is 33.3 Å². The molecule has 2 aliphatic rings. The second-order valence-electron chi connectivity index (χ2n) is 8.78. The van der Waals surface area contributed by atoms with Gasteiger partial charge in [-0.05, 0) is 55.9 Å². The molecule has 8 nitrogen and oxygen atoms in total. The third-order valence-corrected chi connectivity index (χ3v) is 8.53. The van der Waals surface area contributed by atoms with E-state index in [0.717, 1.165) is 32.4 Å². The number of carbonyl (C=O) groups is 2. The summed E-state index contributed by atoms with van der Waals surface area (Å²) in [5.41, 5.74) is 0. The van der Waals surface area contributed by atoms with E-state index in [-0.39, 0.29) is 29.2 Å². The van der Waals surface area contributed by atoms with Crippen molar-refractivity contribution < 1.29 is 22.7 Å². The van der Waals surface area contributed by atoms with Crippen molar-refractivity contribution in [1.29, 1.82) is 0 Å². The fraction of sp³-hybridized carbons (Fsp3) is 0.652. The predicted octanol–water partition coefficient (Wildman–Crippen LogP) is 2.25. The van der Waals surface area contributed by atoms with Crippen LogP contribution in [0.5, 0.6) is 5.75 Å². The minimum absolute atomic E-state index is 0.00905. The molecule has 1 aromatic carbocycles. The predicted molar refractivity (Wildman–Crippen MR) is 122 cm³/mol. The molecule has 2 heterocycles. The summed E-state index contributed by atoms with van der Waals surface area (Å²) >= 11 is 0. The van der Waals surface area contributed by atoms with Gasteiger partial charge in [0.2, 0.25) is 21.8 Å². The number of piperidine rings is 1. The summed E-state index contributed by atoms with van der Waals surface area (Å²) in [6, 6.07) is 5.69. The van der Waals surface area contributed by atoms with Crippen LogP contribution in [0.3, 0.4) is 0 Å². The molecule has 0 saturated carbocycles. The minimum atomic E-state index is -3.71. The fourth-order valence-corrected chi connectivity index (χ4v) is 5.88. The first kappa shape index (κ1) is 24.5. The highest BCUT2D eigenvalue weighted by molar-refractivity contribution is 7.89. The molecular formula is C23H35N3O5S. The van der Waals surface area contributed by atoms with Crippen molar-refractivity contribution in [3.63, 3.8) is 0 Å². The van der Waals surface area contributed by atoms with E-state index in [1.807, 2.05) is 18.7 Å². The highest BCUT2D eigenvalue weighted by Crippen LogP contribution is 2.26. The Hall–Kier alpha value is -2.13. The summed E-state index contributed by atoms with van der Waals surface area (Å²) in [7, 11) is -2.18. The molecule has 1 aromatic rings. The van der Waals surface area contributed by atoms with Gasteiger partial charge in [-0.1, -0.05) is 20.3 Å². The van der Waals surface area contributed by atoms with Crippen molar-refractivity contribution in [2.24, 2.45) is 11.8 Å². The zero-order valence-electron chi connectivity index (χ0n) is 19.2. The standard InChI is InChI=1S/C23H35N3O5S/c1-4-17(2)21(23(28)25-13-5-6-14-25)24-22(27)18-8-7-15-26(16-18)32(29,30)20-11-9-19(31-3)10-12-20/h9-12,17-18,21H,4-8,13-16H2,1-3H3,(H,24,27)/t17-,18+,21-/m0/s1. The van der Waals surface area contributed by atoms with Crippen LogP contribution in [0.1, 0.15) is 46.0 Å². The Balaban J connectivity index is 1.69. The van der Waals surface area contributed by atoms with Crippen LogP contribution in [0.2, 0.25) is 0 Å². The molecule has 2 aliphatic heterocycles. The Morgan fingerprint density at radius 1 is 1.12 bits per heavy atom. The SMILES string of the molecule is CC[C@H](C)[C@H](NC(=O)[C@@H]1CCCN(S(=O)(=O)c2ccc(OC)cc2)C1)C(=O)N1CCCC1. The summed E-state index contributed by atoms with van der Waals surface area (Å²) in [6.07, 6.45) is 3.96. The molecular weight excluding hydrogens is 430 g/mol. The highest BCUT2D eigenvalue weighted by atomic mass is 32.2. The third-order valence-electron chi connectivity index (χ3n) is 6.65. The minimum Gasteiger partial charge on any atom is -0.497 e. The smallest absolute Gasteiger partial charge is 0.245 e. The van der Waals surface area contributed by atoms with Crippen molar-refractivity contribution in [1.82, 2.24) is 14.5 Å². The topological polar surface area (TPSA) is 96.0 Å². The first-order valence-electron chi connectivity index (χ1n) is 11.5. The Kier molecular flexibility index (Phi) is 8.16. The first-order chi connectivity index (χ1) is 15.3. The quantitative estimate of drug-likeness (QED) is 0.635. The monoisotopic (exact) mass is 465 g/mol. The van der Waals surface area contributed by atoms with Gasteiger partial charge in [0.25, 0.3) is 0 Å². The summed E-state index contributed by atoms with van der Waals surface area (Å²) in [4.78, 5) is 28.2. The van der Waals surface area contributed by atoms with E-state index < -0.39 is 22.0 Å². The van der Waals surface area contributed by atoms with Crippen LogP contribution in [-0.2, 0) is 19.6 Å². The Morgan fingerprint density at radius 2 is 1.78 bits per heavy atom. The molecule has 0 unspecified atom stereocenters.